The van der Waals surface area contributed by atoms with Crippen LogP contribution in [0.3, 0.4) is 0 Å². The summed E-state index contributed by atoms with van der Waals surface area (Å²) in [5, 5.41) is 10.8. The monoisotopic (exact) mass is 180 g/mol. The van der Waals surface area contributed by atoms with E-state index in [1.165, 1.54) is 5.69 Å². The highest BCUT2D eigenvalue weighted by Crippen LogP contribution is 1.97. The third-order valence-electron chi connectivity index (χ3n) is 2.52. The van der Waals surface area contributed by atoms with Gasteiger partial charge >= 0.3 is 0 Å². The first-order valence-electron chi connectivity index (χ1n) is 4.77. The van der Waals surface area contributed by atoms with Crippen LogP contribution < -0.4 is 10.6 Å². The van der Waals surface area contributed by atoms with Crippen molar-refractivity contribution >= 4 is 0 Å². The summed E-state index contributed by atoms with van der Waals surface area (Å²) >= 11 is 0. The van der Waals surface area contributed by atoms with Gasteiger partial charge < -0.3 is 10.6 Å². The fourth-order valence-electron chi connectivity index (χ4n) is 1.48. The van der Waals surface area contributed by atoms with Crippen LogP contribution in [0.4, 0.5) is 0 Å². The van der Waals surface area contributed by atoms with Crippen LogP contribution in [0.15, 0.2) is 12.3 Å². The van der Waals surface area contributed by atoms with Gasteiger partial charge in [0.2, 0.25) is 0 Å². The van der Waals surface area contributed by atoms with E-state index in [4.69, 9.17) is 0 Å². The van der Waals surface area contributed by atoms with E-state index in [1.807, 2.05) is 17.9 Å². The number of aromatic nitrogens is 2. The van der Waals surface area contributed by atoms with E-state index in [-0.39, 0.29) is 0 Å². The highest BCUT2D eigenvalue weighted by Gasteiger charge is 2.14. The number of nitrogens with one attached hydrogen (secondary N) is 2. The van der Waals surface area contributed by atoms with Crippen molar-refractivity contribution in [2.75, 3.05) is 19.6 Å². The van der Waals surface area contributed by atoms with E-state index < -0.39 is 0 Å². The average molecular weight is 180 g/mol. The van der Waals surface area contributed by atoms with Gasteiger partial charge in [0.1, 0.15) is 0 Å². The van der Waals surface area contributed by atoms with Crippen LogP contribution in [-0.2, 0) is 13.5 Å². The van der Waals surface area contributed by atoms with E-state index in [1.54, 1.807) is 0 Å². The molecule has 1 aromatic heterocycles. The molecular formula is C9H16N4. The molecule has 4 nitrogen and oxygen atoms in total. The topological polar surface area (TPSA) is 41.9 Å². The summed E-state index contributed by atoms with van der Waals surface area (Å²) in [5.41, 5.74) is 1.29. The van der Waals surface area contributed by atoms with Crippen molar-refractivity contribution in [1.82, 2.24) is 20.4 Å². The lowest BCUT2D eigenvalue weighted by atomic mass is 10.2. The Balaban J connectivity index is 1.70. The maximum atomic E-state index is 4.13. The van der Waals surface area contributed by atoms with Crippen LogP contribution in [0.1, 0.15) is 5.69 Å². The summed E-state index contributed by atoms with van der Waals surface area (Å²) in [6, 6.07) is 2.76. The highest BCUT2D eigenvalue weighted by molar-refractivity contribution is 5.00. The number of aryl methyl sites for hydroxylation is 1. The standard InChI is InChI=1S/C9H16N4/c1-13-9(3-5-12-13)2-4-11-8-6-10-7-8/h3,5,8,10-11H,2,4,6-7H2,1H3. The number of nitrogens with zero attached hydrogens (tertiary/aromatic N) is 2. The molecule has 72 valence electrons. The molecule has 1 fully saturated rings. The molecule has 0 radical (unpaired) electrons. The van der Waals surface area contributed by atoms with Crippen LogP contribution in [0.2, 0.25) is 0 Å². The lowest BCUT2D eigenvalue weighted by Gasteiger charge is -2.28. The molecule has 1 aliphatic rings. The van der Waals surface area contributed by atoms with Crippen molar-refractivity contribution < 1.29 is 0 Å². The first-order chi connectivity index (χ1) is 6.36. The predicted molar refractivity (Wildman–Crippen MR) is 51.6 cm³/mol. The zero-order valence-electron chi connectivity index (χ0n) is 7.95. The Morgan fingerprint density at radius 2 is 2.54 bits per heavy atom. The molecule has 0 aliphatic carbocycles. The van der Waals surface area contributed by atoms with Gasteiger partial charge in [-0.3, -0.25) is 4.68 Å². The first kappa shape index (κ1) is 8.72. The minimum absolute atomic E-state index is 0.688. The molecule has 0 saturated carbocycles. The summed E-state index contributed by atoms with van der Waals surface area (Å²) < 4.78 is 1.93. The molecule has 1 aromatic rings. The van der Waals surface area contributed by atoms with Gasteiger partial charge in [0, 0.05) is 51.0 Å². The molecule has 0 spiro atoms. The first-order valence-corrected chi connectivity index (χ1v) is 4.77. The summed E-state index contributed by atoms with van der Waals surface area (Å²) in [6.45, 7) is 3.28. The van der Waals surface area contributed by atoms with Gasteiger partial charge in [0.15, 0.2) is 0 Å². The fraction of sp³-hybridized carbons (Fsp3) is 0.667. The normalized spacial score (nSPS) is 17.3. The maximum Gasteiger partial charge on any atom is 0.0492 e. The summed E-state index contributed by atoms with van der Waals surface area (Å²) in [6.07, 6.45) is 2.91. The van der Waals surface area contributed by atoms with Gasteiger partial charge in [-0.15, -0.1) is 0 Å². The Morgan fingerprint density at radius 1 is 1.69 bits per heavy atom. The molecule has 0 bridgehead atoms. The van der Waals surface area contributed by atoms with Crippen molar-refractivity contribution in [2.45, 2.75) is 12.5 Å². The minimum atomic E-state index is 0.688. The molecule has 1 aliphatic heterocycles. The molecule has 1 saturated heterocycles. The second-order valence-electron chi connectivity index (χ2n) is 3.51. The van der Waals surface area contributed by atoms with E-state index in [2.05, 4.69) is 21.8 Å². The molecule has 0 unspecified atom stereocenters. The minimum Gasteiger partial charge on any atom is -0.314 e. The van der Waals surface area contributed by atoms with Crippen molar-refractivity contribution in [3.63, 3.8) is 0 Å². The van der Waals surface area contributed by atoms with E-state index in [0.717, 1.165) is 26.1 Å². The Hall–Kier alpha value is -0.870. The molecule has 0 atom stereocenters. The molecular weight excluding hydrogens is 164 g/mol. The summed E-state index contributed by atoms with van der Waals surface area (Å²) in [5.74, 6) is 0. The average Bonchev–Trinajstić information content (AvgIpc) is 2.42. The number of hydrogen-bond acceptors (Lipinski definition) is 3. The highest BCUT2D eigenvalue weighted by atomic mass is 15.3. The van der Waals surface area contributed by atoms with Crippen molar-refractivity contribution in [3.05, 3.63) is 18.0 Å². The fourth-order valence-corrected chi connectivity index (χ4v) is 1.48. The molecule has 4 heteroatoms. The van der Waals surface area contributed by atoms with Crippen LogP contribution >= 0.6 is 0 Å². The van der Waals surface area contributed by atoms with Crippen LogP contribution in [0, 0.1) is 0 Å². The van der Waals surface area contributed by atoms with Gasteiger partial charge in [0.25, 0.3) is 0 Å². The Kier molecular flexibility index (Phi) is 2.61. The van der Waals surface area contributed by atoms with Crippen molar-refractivity contribution in [1.29, 1.82) is 0 Å². The van der Waals surface area contributed by atoms with Crippen LogP contribution in [0.5, 0.6) is 0 Å². The lowest BCUT2D eigenvalue weighted by Crippen LogP contribution is -2.55. The Morgan fingerprint density at radius 3 is 3.08 bits per heavy atom. The largest absolute Gasteiger partial charge is 0.314 e. The molecule has 13 heavy (non-hydrogen) atoms. The summed E-state index contributed by atoms with van der Waals surface area (Å²) in [4.78, 5) is 0. The molecule has 0 amide bonds. The third-order valence-corrected chi connectivity index (χ3v) is 2.52. The Labute approximate surface area is 78.3 Å². The molecule has 2 heterocycles. The predicted octanol–water partition coefficient (Wildman–Crippen LogP) is -0.476. The van der Waals surface area contributed by atoms with Gasteiger partial charge in [-0.2, -0.15) is 5.10 Å². The SMILES string of the molecule is Cn1nccc1CCNC1CNC1. The van der Waals surface area contributed by atoms with Gasteiger partial charge in [-0.1, -0.05) is 0 Å². The van der Waals surface area contributed by atoms with Gasteiger partial charge in [-0.05, 0) is 6.07 Å². The number of hydrogen-bond donors (Lipinski definition) is 2. The molecule has 2 N–H and O–H groups in total. The zero-order chi connectivity index (χ0) is 9.10. The Bertz CT molecular complexity index is 264. The quantitative estimate of drug-likeness (QED) is 0.658. The van der Waals surface area contributed by atoms with Crippen molar-refractivity contribution in [3.8, 4) is 0 Å². The number of rotatable bonds is 4. The summed E-state index contributed by atoms with van der Waals surface area (Å²) in [7, 11) is 1.99. The second-order valence-corrected chi connectivity index (χ2v) is 3.51. The third kappa shape index (κ3) is 2.08. The second kappa shape index (κ2) is 3.89. The van der Waals surface area contributed by atoms with Crippen LogP contribution in [-0.4, -0.2) is 35.5 Å². The molecule has 0 aromatic carbocycles. The van der Waals surface area contributed by atoms with E-state index in [9.17, 15) is 0 Å². The zero-order valence-corrected chi connectivity index (χ0v) is 7.95. The van der Waals surface area contributed by atoms with Crippen molar-refractivity contribution in [2.24, 2.45) is 7.05 Å². The van der Waals surface area contributed by atoms with E-state index >= 15 is 0 Å². The van der Waals surface area contributed by atoms with Gasteiger partial charge in [0.05, 0.1) is 0 Å². The smallest absolute Gasteiger partial charge is 0.0492 e. The maximum absolute atomic E-state index is 4.13. The molecule has 2 rings (SSSR count). The van der Waals surface area contributed by atoms with E-state index in [0.29, 0.717) is 6.04 Å². The van der Waals surface area contributed by atoms with Gasteiger partial charge in [-0.25, -0.2) is 0 Å². The lowest BCUT2D eigenvalue weighted by molar-refractivity contribution is 0.368. The van der Waals surface area contributed by atoms with Crippen LogP contribution in [0.25, 0.3) is 0 Å².